The first-order valence-corrected chi connectivity index (χ1v) is 20.1. The zero-order chi connectivity index (χ0) is 39.9. The topological polar surface area (TPSA) is 57.2 Å². The third-order valence-corrected chi connectivity index (χ3v) is 12.8. The standard InChI is InChI=1S/C52H52O5/c1-32-13-15-34(16-14-32)52(35-17-19-36(54-6)20-18-35)24-23-40-47-46(39-11-9-10-12-44(39)51(47)30-49(2,3)29-50(4,5)31-51)42-25-33(28-53)41(27-43(42)48(40)57-52)38-22-21-37(55-7)26-45(38)56-8/h9-27,53H,28-31H2,1-8H3. The van der Waals surface area contributed by atoms with Crippen LogP contribution in [0.15, 0.2) is 109 Å². The summed E-state index contributed by atoms with van der Waals surface area (Å²) in [7, 11) is 5.03. The fourth-order valence-electron chi connectivity index (χ4n) is 11.3. The lowest BCUT2D eigenvalue weighted by Gasteiger charge is -2.52. The Morgan fingerprint density at radius 3 is 1.95 bits per heavy atom. The second kappa shape index (κ2) is 13.3. The van der Waals surface area contributed by atoms with E-state index in [1.807, 2.05) is 30.3 Å². The van der Waals surface area contributed by atoms with E-state index in [1.54, 1.807) is 21.3 Å². The normalized spacial score (nSPS) is 19.4. The monoisotopic (exact) mass is 756 g/mol. The maximum atomic E-state index is 11.2. The SMILES string of the molecule is COc1ccc(C2(c3ccc(C)cc3)C=Cc3c4c(c5cc(CO)c(-c6ccc(OC)cc6OC)cc5c3O2)-c2ccccc2C42CC(C)(C)CC(C)(C)C2)cc1. The minimum absolute atomic E-state index is 0.0946. The Bertz CT molecular complexity index is 2560. The minimum Gasteiger partial charge on any atom is -0.497 e. The summed E-state index contributed by atoms with van der Waals surface area (Å²) >= 11 is 0. The summed E-state index contributed by atoms with van der Waals surface area (Å²) in [5.74, 6) is 3.00. The molecule has 0 bridgehead atoms. The smallest absolute Gasteiger partial charge is 0.178 e. The van der Waals surface area contributed by atoms with Crippen molar-refractivity contribution >= 4 is 16.8 Å². The van der Waals surface area contributed by atoms with E-state index in [1.165, 1.54) is 27.8 Å². The fraction of sp³-hybridized carbons (Fsp3) is 0.308. The van der Waals surface area contributed by atoms with Crippen LogP contribution in [0.1, 0.15) is 85.9 Å². The van der Waals surface area contributed by atoms with Crippen molar-refractivity contribution in [1.29, 1.82) is 0 Å². The molecule has 3 aliphatic rings. The molecule has 2 aliphatic carbocycles. The number of methoxy groups -OCH3 is 3. The molecule has 1 saturated carbocycles. The largest absolute Gasteiger partial charge is 0.497 e. The van der Waals surface area contributed by atoms with Gasteiger partial charge in [-0.3, -0.25) is 0 Å². The third-order valence-electron chi connectivity index (χ3n) is 12.8. The highest BCUT2D eigenvalue weighted by atomic mass is 16.5. The molecule has 9 rings (SSSR count). The Morgan fingerprint density at radius 2 is 1.30 bits per heavy atom. The molecule has 1 atom stereocenters. The number of fused-ring (bicyclic) bond motifs is 10. The number of ether oxygens (including phenoxy) is 4. The van der Waals surface area contributed by atoms with Crippen LogP contribution >= 0.6 is 0 Å². The van der Waals surface area contributed by atoms with Gasteiger partial charge in [0.2, 0.25) is 0 Å². The van der Waals surface area contributed by atoms with Crippen molar-refractivity contribution in [1.82, 2.24) is 0 Å². The molecule has 0 radical (unpaired) electrons. The van der Waals surface area contributed by atoms with Gasteiger partial charge in [0.25, 0.3) is 0 Å². The maximum Gasteiger partial charge on any atom is 0.178 e. The fourth-order valence-corrected chi connectivity index (χ4v) is 11.3. The van der Waals surface area contributed by atoms with E-state index in [0.29, 0.717) is 11.5 Å². The Balaban J connectivity index is 1.42. The predicted molar refractivity (Wildman–Crippen MR) is 231 cm³/mol. The van der Waals surface area contributed by atoms with Gasteiger partial charge in [-0.1, -0.05) is 100.0 Å². The van der Waals surface area contributed by atoms with Gasteiger partial charge in [0.05, 0.1) is 27.9 Å². The zero-order valence-corrected chi connectivity index (χ0v) is 34.4. The number of hydrogen-bond donors (Lipinski definition) is 1. The van der Waals surface area contributed by atoms with E-state index in [2.05, 4.69) is 120 Å². The molecule has 0 saturated heterocycles. The van der Waals surface area contributed by atoms with E-state index >= 15 is 0 Å². The summed E-state index contributed by atoms with van der Waals surface area (Å²) in [5.41, 5.74) is 11.2. The molecule has 5 nitrogen and oxygen atoms in total. The van der Waals surface area contributed by atoms with Gasteiger partial charge in [-0.25, -0.2) is 0 Å². The predicted octanol–water partition coefficient (Wildman–Crippen LogP) is 12.2. The van der Waals surface area contributed by atoms with Gasteiger partial charge in [-0.2, -0.15) is 0 Å². The lowest BCUT2D eigenvalue weighted by molar-refractivity contribution is 0.0642. The molecule has 1 heterocycles. The van der Waals surface area contributed by atoms with Gasteiger partial charge in [0, 0.05) is 39.1 Å². The number of aliphatic hydroxyl groups is 1. The second-order valence-corrected chi connectivity index (χ2v) is 18.0. The molecule has 57 heavy (non-hydrogen) atoms. The van der Waals surface area contributed by atoms with Crippen LogP contribution in [0, 0.1) is 17.8 Å². The summed E-state index contributed by atoms with van der Waals surface area (Å²) in [4.78, 5) is 0. The van der Waals surface area contributed by atoms with Gasteiger partial charge in [-0.15, -0.1) is 0 Å². The Kier molecular flexibility index (Phi) is 8.64. The van der Waals surface area contributed by atoms with Crippen molar-refractivity contribution in [3.05, 3.63) is 148 Å². The lowest BCUT2D eigenvalue weighted by atomic mass is 9.52. The molecular formula is C52H52O5. The lowest BCUT2D eigenvalue weighted by Crippen LogP contribution is -2.44. The van der Waals surface area contributed by atoms with Gasteiger partial charge in [0.1, 0.15) is 23.0 Å². The van der Waals surface area contributed by atoms with Crippen molar-refractivity contribution in [3.63, 3.8) is 0 Å². The quantitative estimate of drug-likeness (QED) is 0.176. The average Bonchev–Trinajstić information content (AvgIpc) is 3.47. The van der Waals surface area contributed by atoms with Crippen LogP contribution in [0.5, 0.6) is 23.0 Å². The van der Waals surface area contributed by atoms with Crippen LogP contribution < -0.4 is 18.9 Å². The van der Waals surface area contributed by atoms with Crippen LogP contribution in [0.4, 0.5) is 0 Å². The maximum absolute atomic E-state index is 11.2. The van der Waals surface area contributed by atoms with Crippen molar-refractivity contribution in [3.8, 4) is 45.3 Å². The van der Waals surface area contributed by atoms with Gasteiger partial charge < -0.3 is 24.1 Å². The summed E-state index contributed by atoms with van der Waals surface area (Å²) in [6.45, 7) is 11.8. The molecule has 1 fully saturated rings. The highest BCUT2D eigenvalue weighted by molar-refractivity contribution is 6.10. The molecule has 5 heteroatoms. The number of aryl methyl sites for hydroxylation is 1. The number of rotatable bonds is 7. The molecule has 0 amide bonds. The Labute approximate surface area is 336 Å². The van der Waals surface area contributed by atoms with Crippen LogP contribution in [0.3, 0.4) is 0 Å². The average molecular weight is 757 g/mol. The number of benzene rings is 6. The van der Waals surface area contributed by atoms with Crippen molar-refractivity contribution < 1.29 is 24.1 Å². The Hall–Kier alpha value is -5.52. The highest BCUT2D eigenvalue weighted by Gasteiger charge is 2.55. The van der Waals surface area contributed by atoms with Crippen LogP contribution in [0.2, 0.25) is 0 Å². The van der Waals surface area contributed by atoms with Crippen molar-refractivity contribution in [2.24, 2.45) is 10.8 Å². The van der Waals surface area contributed by atoms with Crippen molar-refractivity contribution in [2.75, 3.05) is 21.3 Å². The van der Waals surface area contributed by atoms with E-state index in [4.69, 9.17) is 18.9 Å². The molecule has 290 valence electrons. The van der Waals surface area contributed by atoms with E-state index in [-0.39, 0.29) is 22.9 Å². The third kappa shape index (κ3) is 5.76. The first-order valence-electron chi connectivity index (χ1n) is 20.1. The van der Waals surface area contributed by atoms with E-state index < -0.39 is 5.60 Å². The van der Waals surface area contributed by atoms with Crippen LogP contribution in [-0.4, -0.2) is 26.4 Å². The molecule has 1 spiro atoms. The van der Waals surface area contributed by atoms with E-state index in [9.17, 15) is 5.11 Å². The summed E-state index contributed by atoms with van der Waals surface area (Å²) in [5, 5.41) is 13.3. The molecule has 1 N–H and O–H groups in total. The molecule has 6 aromatic rings. The summed E-state index contributed by atoms with van der Waals surface area (Å²) in [6.07, 6.45) is 7.83. The molecule has 6 aromatic carbocycles. The summed E-state index contributed by atoms with van der Waals surface area (Å²) < 4.78 is 25.0. The van der Waals surface area contributed by atoms with Gasteiger partial charge >= 0.3 is 0 Å². The van der Waals surface area contributed by atoms with E-state index in [0.717, 1.165) is 74.9 Å². The number of aliphatic hydroxyl groups excluding tert-OH is 1. The van der Waals surface area contributed by atoms with Crippen LogP contribution in [0.25, 0.3) is 39.1 Å². The van der Waals surface area contributed by atoms with Crippen molar-refractivity contribution in [2.45, 2.75) is 71.5 Å². The summed E-state index contributed by atoms with van der Waals surface area (Å²) in [6, 6.07) is 36.3. The minimum atomic E-state index is -0.939. The molecule has 1 unspecified atom stereocenters. The number of hydrogen-bond acceptors (Lipinski definition) is 5. The molecule has 0 aromatic heterocycles. The second-order valence-electron chi connectivity index (χ2n) is 18.0. The molecule has 1 aliphatic heterocycles. The first kappa shape index (κ1) is 37.1. The zero-order valence-electron chi connectivity index (χ0n) is 34.4. The highest BCUT2D eigenvalue weighted by Crippen LogP contribution is 2.67. The molecular weight excluding hydrogens is 705 g/mol. The van der Waals surface area contributed by atoms with Gasteiger partial charge in [0.15, 0.2) is 5.60 Å². The Morgan fingerprint density at radius 1 is 0.649 bits per heavy atom. The van der Waals surface area contributed by atoms with Gasteiger partial charge in [-0.05, 0) is 118 Å². The van der Waals surface area contributed by atoms with Crippen LogP contribution in [-0.2, 0) is 17.6 Å². The first-order chi connectivity index (χ1) is 27.4.